The molecule has 0 aliphatic heterocycles. The monoisotopic (exact) mass is 305 g/mol. The van der Waals surface area contributed by atoms with Crippen molar-refractivity contribution < 1.29 is 0 Å². The quantitative estimate of drug-likeness (QED) is 0.818. The highest BCUT2D eigenvalue weighted by molar-refractivity contribution is 6.30. The molecule has 2 fully saturated rings. The maximum Gasteiger partial charge on any atom is 0.0408 e. The zero-order valence-corrected chi connectivity index (χ0v) is 14.5. The number of halogens is 1. The molecule has 116 valence electrons. The summed E-state index contributed by atoms with van der Waals surface area (Å²) in [4.78, 5) is 0. The Morgan fingerprint density at radius 1 is 1.33 bits per heavy atom. The fourth-order valence-corrected chi connectivity index (χ4v) is 5.09. The second-order valence-corrected chi connectivity index (χ2v) is 8.50. The molecular formula is C19H28ClN. The van der Waals surface area contributed by atoms with E-state index in [0.29, 0.717) is 22.9 Å². The highest BCUT2D eigenvalue weighted by Gasteiger charge is 2.61. The Morgan fingerprint density at radius 3 is 2.67 bits per heavy atom. The summed E-state index contributed by atoms with van der Waals surface area (Å²) in [6.07, 6.45) is 5.21. The van der Waals surface area contributed by atoms with Gasteiger partial charge in [-0.3, -0.25) is 0 Å². The van der Waals surface area contributed by atoms with Gasteiger partial charge in [-0.15, -0.1) is 0 Å². The molecule has 3 rings (SSSR count). The van der Waals surface area contributed by atoms with Crippen molar-refractivity contribution in [2.75, 3.05) is 0 Å². The predicted octanol–water partition coefficient (Wildman–Crippen LogP) is 5.08. The Kier molecular flexibility index (Phi) is 3.86. The number of benzene rings is 1. The minimum atomic E-state index is 0.459. The summed E-state index contributed by atoms with van der Waals surface area (Å²) in [5.74, 6) is 0.901. The van der Waals surface area contributed by atoms with Crippen LogP contribution in [0.2, 0.25) is 5.02 Å². The molecule has 0 spiro atoms. The summed E-state index contributed by atoms with van der Waals surface area (Å²) in [7, 11) is 0. The molecule has 2 bridgehead atoms. The van der Waals surface area contributed by atoms with E-state index >= 15 is 0 Å². The van der Waals surface area contributed by atoms with E-state index in [1.165, 1.54) is 24.8 Å². The van der Waals surface area contributed by atoms with E-state index in [-0.39, 0.29) is 0 Å². The Balaban J connectivity index is 1.65. The summed E-state index contributed by atoms with van der Waals surface area (Å²) in [6, 6.07) is 9.43. The molecule has 2 heteroatoms. The lowest BCUT2D eigenvalue weighted by Gasteiger charge is -2.40. The van der Waals surface area contributed by atoms with Crippen LogP contribution in [0.25, 0.3) is 0 Å². The van der Waals surface area contributed by atoms with Gasteiger partial charge in [0.15, 0.2) is 0 Å². The Morgan fingerprint density at radius 2 is 2.10 bits per heavy atom. The molecule has 0 heterocycles. The molecule has 0 aromatic heterocycles. The first-order chi connectivity index (χ1) is 9.83. The first kappa shape index (κ1) is 15.4. The van der Waals surface area contributed by atoms with Crippen LogP contribution >= 0.6 is 11.6 Å². The average Bonchev–Trinajstić information content (AvgIpc) is 2.72. The van der Waals surface area contributed by atoms with Crippen LogP contribution in [-0.4, -0.2) is 12.1 Å². The minimum Gasteiger partial charge on any atom is -0.311 e. The first-order valence-corrected chi connectivity index (χ1v) is 8.71. The normalized spacial score (nSPS) is 35.1. The van der Waals surface area contributed by atoms with Gasteiger partial charge in [0, 0.05) is 17.1 Å². The highest BCUT2D eigenvalue weighted by atomic mass is 35.5. The van der Waals surface area contributed by atoms with Gasteiger partial charge >= 0.3 is 0 Å². The van der Waals surface area contributed by atoms with Crippen molar-refractivity contribution in [1.82, 2.24) is 5.32 Å². The van der Waals surface area contributed by atoms with Crippen molar-refractivity contribution in [3.8, 4) is 0 Å². The van der Waals surface area contributed by atoms with E-state index in [1.54, 1.807) is 0 Å². The van der Waals surface area contributed by atoms with Crippen molar-refractivity contribution in [2.45, 2.75) is 65.5 Å². The summed E-state index contributed by atoms with van der Waals surface area (Å²) in [5, 5.41) is 4.77. The smallest absolute Gasteiger partial charge is 0.0408 e. The van der Waals surface area contributed by atoms with Gasteiger partial charge in [-0.25, -0.2) is 0 Å². The molecule has 4 unspecified atom stereocenters. The van der Waals surface area contributed by atoms with Gasteiger partial charge in [0.2, 0.25) is 0 Å². The molecule has 0 saturated heterocycles. The second-order valence-electron chi connectivity index (χ2n) is 8.06. The largest absolute Gasteiger partial charge is 0.311 e. The van der Waals surface area contributed by atoms with Crippen molar-refractivity contribution in [1.29, 1.82) is 0 Å². The van der Waals surface area contributed by atoms with Crippen LogP contribution < -0.4 is 5.32 Å². The fraction of sp³-hybridized carbons (Fsp3) is 0.684. The highest BCUT2D eigenvalue weighted by Crippen LogP contribution is 2.65. The van der Waals surface area contributed by atoms with Crippen LogP contribution in [-0.2, 0) is 6.42 Å². The SMILES string of the molecule is CC(Cc1cccc(Cl)c1)NC1CC2CCC1(C)C2(C)C. The van der Waals surface area contributed by atoms with Crippen LogP contribution in [0, 0.1) is 16.7 Å². The fourth-order valence-electron chi connectivity index (χ4n) is 4.88. The van der Waals surface area contributed by atoms with E-state index in [4.69, 9.17) is 11.6 Å². The van der Waals surface area contributed by atoms with Gasteiger partial charge in [-0.2, -0.15) is 0 Å². The van der Waals surface area contributed by atoms with Crippen LogP contribution in [0.1, 0.15) is 52.5 Å². The zero-order chi connectivity index (χ0) is 15.3. The first-order valence-electron chi connectivity index (χ1n) is 8.33. The van der Waals surface area contributed by atoms with Gasteiger partial charge < -0.3 is 5.32 Å². The molecule has 1 aromatic carbocycles. The average molecular weight is 306 g/mol. The van der Waals surface area contributed by atoms with Crippen LogP contribution in [0.3, 0.4) is 0 Å². The van der Waals surface area contributed by atoms with E-state index in [1.807, 2.05) is 12.1 Å². The maximum atomic E-state index is 6.09. The number of nitrogens with one attached hydrogen (secondary N) is 1. The molecule has 21 heavy (non-hydrogen) atoms. The molecule has 2 saturated carbocycles. The van der Waals surface area contributed by atoms with E-state index in [0.717, 1.165) is 17.4 Å². The van der Waals surface area contributed by atoms with Gasteiger partial charge in [-0.05, 0) is 67.1 Å². The standard InChI is InChI=1S/C19H28ClN/c1-13(10-14-6-5-7-16(20)11-14)21-17-12-15-8-9-19(17,4)18(15,2)3/h5-7,11,13,15,17,21H,8-10,12H2,1-4H3. The van der Waals surface area contributed by atoms with E-state index < -0.39 is 0 Å². The van der Waals surface area contributed by atoms with E-state index in [2.05, 4.69) is 45.1 Å². The topological polar surface area (TPSA) is 12.0 Å². The molecule has 2 aliphatic carbocycles. The van der Waals surface area contributed by atoms with Crippen LogP contribution in [0.4, 0.5) is 0 Å². The van der Waals surface area contributed by atoms with Gasteiger partial charge in [0.1, 0.15) is 0 Å². The summed E-state index contributed by atoms with van der Waals surface area (Å²) in [5.41, 5.74) is 2.27. The summed E-state index contributed by atoms with van der Waals surface area (Å²) >= 11 is 6.09. The van der Waals surface area contributed by atoms with Gasteiger partial charge in [0.05, 0.1) is 0 Å². The van der Waals surface area contributed by atoms with Crippen molar-refractivity contribution in [2.24, 2.45) is 16.7 Å². The molecule has 0 radical (unpaired) electrons. The number of rotatable bonds is 4. The predicted molar refractivity (Wildman–Crippen MR) is 90.8 cm³/mol. The molecule has 1 N–H and O–H groups in total. The second kappa shape index (κ2) is 5.28. The van der Waals surface area contributed by atoms with Gasteiger partial charge in [0.25, 0.3) is 0 Å². The Bertz CT molecular complexity index is 524. The lowest BCUT2D eigenvalue weighted by atomic mass is 9.69. The minimum absolute atomic E-state index is 0.459. The van der Waals surface area contributed by atoms with Crippen LogP contribution in [0.15, 0.2) is 24.3 Å². The number of hydrogen-bond acceptors (Lipinski definition) is 1. The van der Waals surface area contributed by atoms with Crippen molar-refractivity contribution in [3.63, 3.8) is 0 Å². The number of hydrogen-bond donors (Lipinski definition) is 1. The third-order valence-corrected chi connectivity index (χ3v) is 6.95. The molecule has 1 aromatic rings. The lowest BCUT2D eigenvalue weighted by Crippen LogP contribution is -2.48. The van der Waals surface area contributed by atoms with Crippen LogP contribution in [0.5, 0.6) is 0 Å². The summed E-state index contributed by atoms with van der Waals surface area (Å²) < 4.78 is 0. The maximum absolute atomic E-state index is 6.09. The Hall–Kier alpha value is -0.530. The van der Waals surface area contributed by atoms with E-state index in [9.17, 15) is 0 Å². The molecule has 2 aliphatic rings. The van der Waals surface area contributed by atoms with Crippen molar-refractivity contribution in [3.05, 3.63) is 34.9 Å². The molecule has 4 atom stereocenters. The number of fused-ring (bicyclic) bond motifs is 2. The van der Waals surface area contributed by atoms with Gasteiger partial charge in [-0.1, -0.05) is 44.5 Å². The third kappa shape index (κ3) is 2.53. The summed E-state index contributed by atoms with van der Waals surface area (Å²) in [6.45, 7) is 9.77. The molecular weight excluding hydrogens is 278 g/mol. The lowest BCUT2D eigenvalue weighted by molar-refractivity contribution is 0.116. The zero-order valence-electron chi connectivity index (χ0n) is 13.7. The van der Waals surface area contributed by atoms with Crippen molar-refractivity contribution >= 4 is 11.6 Å². The third-order valence-electron chi connectivity index (χ3n) is 6.71. The molecule has 1 nitrogen and oxygen atoms in total. The Labute approximate surface area is 134 Å². The molecule has 0 amide bonds.